The highest BCUT2D eigenvalue weighted by atomic mass is 32.1. The fraction of sp³-hybridized carbons (Fsp3) is 0.444. The molecule has 3 heteroatoms. The first-order valence-electron chi connectivity index (χ1n) is 7.90. The van der Waals surface area contributed by atoms with Gasteiger partial charge in [0.25, 0.3) is 0 Å². The lowest BCUT2D eigenvalue weighted by Crippen LogP contribution is -2.29. The van der Waals surface area contributed by atoms with Gasteiger partial charge in [0, 0.05) is 28.5 Å². The van der Waals surface area contributed by atoms with Gasteiger partial charge in [-0.2, -0.15) is 0 Å². The van der Waals surface area contributed by atoms with Crippen molar-refractivity contribution in [2.24, 2.45) is 0 Å². The normalized spacial score (nSPS) is 16.0. The summed E-state index contributed by atoms with van der Waals surface area (Å²) in [6.45, 7) is 6.69. The number of piperidine rings is 1. The number of hydrogen-bond donors (Lipinski definition) is 1. The van der Waals surface area contributed by atoms with Crippen LogP contribution in [0.5, 0.6) is 0 Å². The molecule has 0 saturated carbocycles. The molecule has 112 valence electrons. The van der Waals surface area contributed by atoms with Crippen molar-refractivity contribution >= 4 is 17.0 Å². The molecule has 0 amide bonds. The van der Waals surface area contributed by atoms with Crippen LogP contribution >= 0.6 is 11.3 Å². The summed E-state index contributed by atoms with van der Waals surface area (Å²) in [4.78, 5) is 5.35. The zero-order valence-corrected chi connectivity index (χ0v) is 13.6. The minimum atomic E-state index is 0.922. The lowest BCUT2D eigenvalue weighted by atomic mass is 10.1. The smallest absolute Gasteiger partial charge is 0.0494 e. The van der Waals surface area contributed by atoms with Crippen LogP contribution in [-0.2, 0) is 13.1 Å². The topological polar surface area (TPSA) is 15.3 Å². The molecule has 1 aromatic carbocycles. The van der Waals surface area contributed by atoms with Gasteiger partial charge in [0.05, 0.1) is 0 Å². The number of rotatable bonds is 5. The lowest BCUT2D eigenvalue weighted by Gasteiger charge is -2.26. The lowest BCUT2D eigenvalue weighted by molar-refractivity contribution is 0.221. The van der Waals surface area contributed by atoms with E-state index in [1.54, 1.807) is 0 Å². The van der Waals surface area contributed by atoms with E-state index in [-0.39, 0.29) is 0 Å². The van der Waals surface area contributed by atoms with E-state index in [2.05, 4.69) is 53.5 Å². The van der Waals surface area contributed by atoms with Gasteiger partial charge in [-0.3, -0.25) is 4.90 Å². The van der Waals surface area contributed by atoms with Gasteiger partial charge in [-0.25, -0.2) is 0 Å². The molecule has 1 saturated heterocycles. The molecular formula is C18H24N2S. The van der Waals surface area contributed by atoms with Crippen molar-refractivity contribution in [1.82, 2.24) is 4.90 Å². The first kappa shape index (κ1) is 14.6. The molecule has 3 rings (SSSR count). The van der Waals surface area contributed by atoms with Crippen molar-refractivity contribution in [2.45, 2.75) is 39.3 Å². The molecule has 0 unspecified atom stereocenters. The summed E-state index contributed by atoms with van der Waals surface area (Å²) in [7, 11) is 0. The van der Waals surface area contributed by atoms with E-state index in [1.165, 1.54) is 53.4 Å². The minimum Gasteiger partial charge on any atom is -0.380 e. The summed E-state index contributed by atoms with van der Waals surface area (Å²) < 4.78 is 0. The zero-order valence-electron chi connectivity index (χ0n) is 12.8. The first-order chi connectivity index (χ1) is 10.3. The molecule has 1 fully saturated rings. The quantitative estimate of drug-likeness (QED) is 0.864. The van der Waals surface area contributed by atoms with Crippen LogP contribution in [0.15, 0.2) is 36.4 Å². The summed E-state index contributed by atoms with van der Waals surface area (Å²) in [5.74, 6) is 0. The number of hydrogen-bond acceptors (Lipinski definition) is 3. The van der Waals surface area contributed by atoms with Crippen LogP contribution in [0.3, 0.4) is 0 Å². The molecule has 1 aliphatic rings. The molecule has 2 aromatic rings. The monoisotopic (exact) mass is 300 g/mol. The van der Waals surface area contributed by atoms with Gasteiger partial charge in [-0.05, 0) is 62.7 Å². The van der Waals surface area contributed by atoms with E-state index < -0.39 is 0 Å². The Morgan fingerprint density at radius 1 is 1.10 bits per heavy atom. The highest BCUT2D eigenvalue weighted by Crippen LogP contribution is 2.19. The van der Waals surface area contributed by atoms with Crippen LogP contribution in [0, 0.1) is 6.92 Å². The van der Waals surface area contributed by atoms with Gasteiger partial charge in [0.15, 0.2) is 0 Å². The number of nitrogens with zero attached hydrogens (tertiary/aromatic N) is 1. The highest BCUT2D eigenvalue weighted by molar-refractivity contribution is 7.11. The van der Waals surface area contributed by atoms with Crippen LogP contribution in [0.1, 0.15) is 34.6 Å². The SMILES string of the molecule is Cc1ccc(CNc2cccc(CN3CCCCC3)c2)s1. The second-order valence-corrected chi connectivity index (χ2v) is 7.28. The predicted octanol–water partition coefficient (Wildman–Crippen LogP) is 4.65. The summed E-state index contributed by atoms with van der Waals surface area (Å²) in [6.07, 6.45) is 4.11. The average molecular weight is 300 g/mol. The molecule has 2 nitrogen and oxygen atoms in total. The van der Waals surface area contributed by atoms with E-state index in [9.17, 15) is 0 Å². The van der Waals surface area contributed by atoms with Crippen LogP contribution in [0.4, 0.5) is 5.69 Å². The Morgan fingerprint density at radius 3 is 2.71 bits per heavy atom. The Hall–Kier alpha value is -1.32. The summed E-state index contributed by atoms with van der Waals surface area (Å²) in [5.41, 5.74) is 2.65. The molecule has 1 N–H and O–H groups in total. The van der Waals surface area contributed by atoms with Crippen LogP contribution < -0.4 is 5.32 Å². The second kappa shape index (κ2) is 7.10. The Bertz CT molecular complexity index is 570. The first-order valence-corrected chi connectivity index (χ1v) is 8.72. The fourth-order valence-corrected chi connectivity index (χ4v) is 3.75. The maximum absolute atomic E-state index is 3.54. The van der Waals surface area contributed by atoms with E-state index in [1.807, 2.05) is 11.3 Å². The van der Waals surface area contributed by atoms with E-state index in [0.29, 0.717) is 0 Å². The molecule has 2 heterocycles. The molecule has 0 aliphatic carbocycles. The summed E-state index contributed by atoms with van der Waals surface area (Å²) in [5, 5.41) is 3.54. The third-order valence-corrected chi connectivity index (χ3v) is 5.05. The van der Waals surface area contributed by atoms with Crippen molar-refractivity contribution in [3.05, 3.63) is 51.7 Å². The maximum atomic E-state index is 3.54. The van der Waals surface area contributed by atoms with Crippen LogP contribution in [0.25, 0.3) is 0 Å². The maximum Gasteiger partial charge on any atom is 0.0494 e. The third kappa shape index (κ3) is 4.32. The standard InChI is InChI=1S/C18H24N2S/c1-15-8-9-18(21-15)13-19-17-7-5-6-16(12-17)14-20-10-3-2-4-11-20/h5-9,12,19H,2-4,10-11,13-14H2,1H3. The van der Waals surface area contributed by atoms with Gasteiger partial charge < -0.3 is 5.32 Å². The number of thiophene rings is 1. The number of benzene rings is 1. The average Bonchev–Trinajstić information content (AvgIpc) is 2.92. The zero-order chi connectivity index (χ0) is 14.5. The Morgan fingerprint density at radius 2 is 1.95 bits per heavy atom. The Kier molecular flexibility index (Phi) is 4.94. The van der Waals surface area contributed by atoms with E-state index >= 15 is 0 Å². The van der Waals surface area contributed by atoms with E-state index in [0.717, 1.165) is 13.1 Å². The van der Waals surface area contributed by atoms with Crippen molar-refractivity contribution in [3.8, 4) is 0 Å². The second-order valence-electron chi connectivity index (χ2n) is 5.90. The summed E-state index contributed by atoms with van der Waals surface area (Å²) >= 11 is 1.87. The fourth-order valence-electron chi connectivity index (χ4n) is 2.92. The van der Waals surface area contributed by atoms with Crippen molar-refractivity contribution in [2.75, 3.05) is 18.4 Å². The van der Waals surface area contributed by atoms with Crippen molar-refractivity contribution in [1.29, 1.82) is 0 Å². The number of nitrogens with one attached hydrogen (secondary N) is 1. The van der Waals surface area contributed by atoms with Gasteiger partial charge in [0.1, 0.15) is 0 Å². The molecule has 1 aliphatic heterocycles. The molecule has 21 heavy (non-hydrogen) atoms. The predicted molar refractivity (Wildman–Crippen MR) is 92.0 cm³/mol. The molecule has 0 bridgehead atoms. The molecule has 0 radical (unpaired) electrons. The Balaban J connectivity index is 1.57. The van der Waals surface area contributed by atoms with E-state index in [4.69, 9.17) is 0 Å². The van der Waals surface area contributed by atoms with Crippen molar-refractivity contribution in [3.63, 3.8) is 0 Å². The number of likely N-dealkylation sites (tertiary alicyclic amines) is 1. The Labute approximate surface area is 131 Å². The van der Waals surface area contributed by atoms with Gasteiger partial charge >= 0.3 is 0 Å². The third-order valence-electron chi connectivity index (χ3n) is 4.04. The molecular weight excluding hydrogens is 276 g/mol. The highest BCUT2D eigenvalue weighted by Gasteiger charge is 2.10. The molecule has 0 spiro atoms. The molecule has 0 atom stereocenters. The van der Waals surface area contributed by atoms with Gasteiger partial charge in [-0.1, -0.05) is 18.6 Å². The van der Waals surface area contributed by atoms with Crippen LogP contribution in [-0.4, -0.2) is 18.0 Å². The number of anilines is 1. The number of aryl methyl sites for hydroxylation is 1. The van der Waals surface area contributed by atoms with Crippen LogP contribution in [0.2, 0.25) is 0 Å². The summed E-state index contributed by atoms with van der Waals surface area (Å²) in [6, 6.07) is 13.3. The van der Waals surface area contributed by atoms with Gasteiger partial charge in [-0.15, -0.1) is 11.3 Å². The molecule has 1 aromatic heterocycles. The minimum absolute atomic E-state index is 0.922. The van der Waals surface area contributed by atoms with Gasteiger partial charge in [0.2, 0.25) is 0 Å². The largest absolute Gasteiger partial charge is 0.380 e. The van der Waals surface area contributed by atoms with Crippen molar-refractivity contribution < 1.29 is 0 Å².